The second kappa shape index (κ2) is 7.26. The van der Waals surface area contributed by atoms with E-state index in [2.05, 4.69) is 34.2 Å². The van der Waals surface area contributed by atoms with Gasteiger partial charge in [0.25, 0.3) is 0 Å². The first-order chi connectivity index (χ1) is 10.2. The minimum Gasteiger partial charge on any atom is -0.489 e. The molecular weight excluding hydrogens is 328 g/mol. The zero-order valence-electron chi connectivity index (χ0n) is 12.1. The molecule has 0 amide bonds. The predicted octanol–water partition coefficient (Wildman–Crippen LogP) is 4.18. The summed E-state index contributed by atoms with van der Waals surface area (Å²) < 4.78 is 6.95. The molecular formula is C17H17BrN2O. The molecule has 1 atom stereocenters. The van der Waals surface area contributed by atoms with Crippen LogP contribution < -0.4 is 10.1 Å². The van der Waals surface area contributed by atoms with E-state index in [-0.39, 0.29) is 6.04 Å². The maximum absolute atomic E-state index is 9.11. The van der Waals surface area contributed by atoms with E-state index in [1.54, 1.807) is 6.07 Å². The molecule has 0 aliphatic rings. The maximum Gasteiger partial charge on any atom is 0.124 e. The Labute approximate surface area is 133 Å². The third-order valence-corrected chi connectivity index (χ3v) is 3.89. The van der Waals surface area contributed by atoms with Gasteiger partial charge in [0.15, 0.2) is 0 Å². The van der Waals surface area contributed by atoms with Crippen LogP contribution in [0.1, 0.15) is 29.7 Å². The molecule has 0 spiro atoms. The van der Waals surface area contributed by atoms with Gasteiger partial charge in [0, 0.05) is 21.6 Å². The molecule has 0 heterocycles. The van der Waals surface area contributed by atoms with Crippen LogP contribution in [0.3, 0.4) is 0 Å². The van der Waals surface area contributed by atoms with Crippen LogP contribution in [0.5, 0.6) is 5.75 Å². The molecule has 0 aromatic heterocycles. The summed E-state index contributed by atoms with van der Waals surface area (Å²) in [7, 11) is 1.92. The molecule has 0 radical (unpaired) electrons. The Morgan fingerprint density at radius 2 is 2.05 bits per heavy atom. The molecule has 21 heavy (non-hydrogen) atoms. The number of nitriles is 1. The van der Waals surface area contributed by atoms with Crippen molar-refractivity contribution in [3.8, 4) is 11.8 Å². The van der Waals surface area contributed by atoms with Crippen LogP contribution in [-0.4, -0.2) is 7.05 Å². The van der Waals surface area contributed by atoms with E-state index >= 15 is 0 Å². The lowest BCUT2D eigenvalue weighted by atomic mass is 10.1. The monoisotopic (exact) mass is 344 g/mol. The predicted molar refractivity (Wildman–Crippen MR) is 87.1 cm³/mol. The van der Waals surface area contributed by atoms with E-state index in [4.69, 9.17) is 10.00 Å². The summed E-state index contributed by atoms with van der Waals surface area (Å²) in [4.78, 5) is 0. The number of hydrogen-bond donors (Lipinski definition) is 1. The summed E-state index contributed by atoms with van der Waals surface area (Å²) in [6, 6.07) is 15.8. The topological polar surface area (TPSA) is 45.0 Å². The van der Waals surface area contributed by atoms with Crippen molar-refractivity contribution in [2.75, 3.05) is 7.05 Å². The normalized spacial score (nSPS) is 11.7. The molecule has 2 aromatic carbocycles. The summed E-state index contributed by atoms with van der Waals surface area (Å²) >= 11 is 3.49. The van der Waals surface area contributed by atoms with Crippen molar-refractivity contribution in [1.29, 1.82) is 5.26 Å². The van der Waals surface area contributed by atoms with Crippen LogP contribution >= 0.6 is 15.9 Å². The van der Waals surface area contributed by atoms with Gasteiger partial charge in [0.2, 0.25) is 0 Å². The number of ether oxygens (including phenoxy) is 1. The Balaban J connectivity index is 2.22. The highest BCUT2D eigenvalue weighted by molar-refractivity contribution is 9.10. The van der Waals surface area contributed by atoms with Gasteiger partial charge < -0.3 is 10.1 Å². The summed E-state index contributed by atoms with van der Waals surface area (Å²) in [5, 5.41) is 12.3. The molecule has 0 aliphatic carbocycles. The van der Waals surface area contributed by atoms with Crippen molar-refractivity contribution in [3.05, 3.63) is 63.6 Å². The highest BCUT2D eigenvalue weighted by atomic mass is 79.9. The molecule has 0 saturated carbocycles. The van der Waals surface area contributed by atoms with Crippen LogP contribution in [-0.2, 0) is 6.61 Å². The van der Waals surface area contributed by atoms with Gasteiger partial charge in [-0.15, -0.1) is 0 Å². The third kappa shape index (κ3) is 3.84. The van der Waals surface area contributed by atoms with E-state index in [0.29, 0.717) is 12.2 Å². The first-order valence-corrected chi connectivity index (χ1v) is 7.52. The minimum atomic E-state index is 0.184. The summed E-state index contributed by atoms with van der Waals surface area (Å²) in [5.41, 5.74) is 2.63. The third-order valence-electron chi connectivity index (χ3n) is 3.39. The van der Waals surface area contributed by atoms with Gasteiger partial charge in [-0.2, -0.15) is 5.26 Å². The lowest BCUT2D eigenvalue weighted by Crippen LogP contribution is -2.14. The molecule has 108 valence electrons. The number of benzene rings is 2. The molecule has 0 aliphatic heterocycles. The zero-order valence-corrected chi connectivity index (χ0v) is 13.6. The summed E-state index contributed by atoms with van der Waals surface area (Å²) in [6.45, 7) is 2.46. The number of hydrogen-bond acceptors (Lipinski definition) is 3. The fourth-order valence-electron chi connectivity index (χ4n) is 2.06. The van der Waals surface area contributed by atoms with Gasteiger partial charge in [-0.3, -0.25) is 0 Å². The molecule has 2 aromatic rings. The Hall–Kier alpha value is -1.83. The van der Waals surface area contributed by atoms with Crippen LogP contribution in [0.15, 0.2) is 46.9 Å². The van der Waals surface area contributed by atoms with Crippen molar-refractivity contribution in [2.45, 2.75) is 19.6 Å². The largest absolute Gasteiger partial charge is 0.489 e. The van der Waals surface area contributed by atoms with Crippen molar-refractivity contribution >= 4 is 15.9 Å². The first kappa shape index (κ1) is 15.6. The van der Waals surface area contributed by atoms with Crippen molar-refractivity contribution in [2.24, 2.45) is 0 Å². The Morgan fingerprint density at radius 1 is 1.29 bits per heavy atom. The second-order valence-corrected chi connectivity index (χ2v) is 5.67. The van der Waals surface area contributed by atoms with Crippen LogP contribution in [0.25, 0.3) is 0 Å². The van der Waals surface area contributed by atoms with Gasteiger partial charge >= 0.3 is 0 Å². The van der Waals surface area contributed by atoms with Crippen LogP contribution in [0, 0.1) is 11.3 Å². The number of nitrogens with one attached hydrogen (secondary N) is 1. The van der Waals surface area contributed by atoms with Gasteiger partial charge in [0.1, 0.15) is 12.4 Å². The quantitative estimate of drug-likeness (QED) is 0.884. The minimum absolute atomic E-state index is 0.184. The van der Waals surface area contributed by atoms with E-state index in [1.165, 1.54) is 0 Å². The average molecular weight is 345 g/mol. The molecule has 3 nitrogen and oxygen atoms in total. The van der Waals surface area contributed by atoms with E-state index in [9.17, 15) is 0 Å². The Morgan fingerprint density at radius 3 is 2.76 bits per heavy atom. The number of rotatable bonds is 5. The van der Waals surface area contributed by atoms with Crippen LogP contribution in [0.2, 0.25) is 0 Å². The summed E-state index contributed by atoms with van der Waals surface area (Å²) in [5.74, 6) is 0.827. The highest BCUT2D eigenvalue weighted by Gasteiger charge is 2.11. The van der Waals surface area contributed by atoms with Gasteiger partial charge in [0.05, 0.1) is 11.6 Å². The average Bonchev–Trinajstić information content (AvgIpc) is 2.53. The lowest BCUT2D eigenvalue weighted by molar-refractivity contribution is 0.300. The molecule has 4 heteroatoms. The van der Waals surface area contributed by atoms with Crippen molar-refractivity contribution in [3.63, 3.8) is 0 Å². The maximum atomic E-state index is 9.11. The SMILES string of the molecule is CNC(C)c1cc(Br)ccc1OCc1ccccc1C#N. The fourth-order valence-corrected chi connectivity index (χ4v) is 2.43. The first-order valence-electron chi connectivity index (χ1n) is 6.73. The van der Waals surface area contributed by atoms with Gasteiger partial charge in [-0.25, -0.2) is 0 Å². The Bertz CT molecular complexity index is 664. The molecule has 0 bridgehead atoms. The fraction of sp³-hybridized carbons (Fsp3) is 0.235. The van der Waals surface area contributed by atoms with Gasteiger partial charge in [-0.1, -0.05) is 34.1 Å². The Kier molecular flexibility index (Phi) is 5.38. The molecule has 1 N–H and O–H groups in total. The molecule has 0 saturated heterocycles. The molecule has 1 unspecified atom stereocenters. The van der Waals surface area contributed by atoms with Crippen LogP contribution in [0.4, 0.5) is 0 Å². The summed E-state index contributed by atoms with van der Waals surface area (Å²) in [6.07, 6.45) is 0. The zero-order chi connectivity index (χ0) is 15.2. The number of nitrogens with zero attached hydrogens (tertiary/aromatic N) is 1. The smallest absolute Gasteiger partial charge is 0.124 e. The number of halogens is 1. The van der Waals surface area contributed by atoms with Gasteiger partial charge in [-0.05, 0) is 38.2 Å². The standard InChI is InChI=1S/C17H17BrN2O/c1-12(20-2)16-9-15(18)7-8-17(16)21-11-14-6-4-3-5-13(14)10-19/h3-9,12,20H,11H2,1-2H3. The van der Waals surface area contributed by atoms with Crippen molar-refractivity contribution in [1.82, 2.24) is 5.32 Å². The van der Waals surface area contributed by atoms with E-state index < -0.39 is 0 Å². The lowest BCUT2D eigenvalue weighted by Gasteiger charge is -2.17. The van der Waals surface area contributed by atoms with E-state index in [1.807, 2.05) is 43.4 Å². The molecule has 0 fully saturated rings. The van der Waals surface area contributed by atoms with E-state index in [0.717, 1.165) is 21.3 Å². The highest BCUT2D eigenvalue weighted by Crippen LogP contribution is 2.29. The van der Waals surface area contributed by atoms with Crippen molar-refractivity contribution < 1.29 is 4.74 Å². The molecule has 2 rings (SSSR count). The second-order valence-electron chi connectivity index (χ2n) is 4.75.